The summed E-state index contributed by atoms with van der Waals surface area (Å²) in [7, 11) is 7.65. The number of hydrogen-bond donors (Lipinski definition) is 1. The fourth-order valence-corrected chi connectivity index (χ4v) is 2.92. The zero-order valence-electron chi connectivity index (χ0n) is 18.3. The van der Waals surface area contributed by atoms with Gasteiger partial charge in [-0.25, -0.2) is 0 Å². The fourth-order valence-electron chi connectivity index (χ4n) is 2.92. The lowest BCUT2D eigenvalue weighted by atomic mass is 10.1. The standard InChI is InChI=1S/C23H26N2O6/c1-27-18-7-6-15(10-20(18)29-3)8-9-25-23(26)17(14-24)11-16-12-21(30-4)22(31-5)13-19(16)28-2/h6-7,10-13H,8-9H2,1-5H3,(H,25,26). The largest absolute Gasteiger partial charge is 0.496 e. The highest BCUT2D eigenvalue weighted by molar-refractivity contribution is 6.02. The first kappa shape index (κ1) is 23.4. The van der Waals surface area contributed by atoms with E-state index in [1.165, 1.54) is 27.4 Å². The minimum absolute atomic E-state index is 0.0576. The number of nitrogens with zero attached hydrogens (tertiary/aromatic N) is 1. The molecular weight excluding hydrogens is 400 g/mol. The number of benzene rings is 2. The lowest BCUT2D eigenvalue weighted by molar-refractivity contribution is -0.117. The Balaban J connectivity index is 2.14. The molecule has 0 aromatic heterocycles. The monoisotopic (exact) mass is 426 g/mol. The molecule has 0 saturated carbocycles. The Hall–Kier alpha value is -3.86. The molecule has 0 heterocycles. The Morgan fingerprint density at radius 2 is 1.45 bits per heavy atom. The van der Waals surface area contributed by atoms with Crippen molar-refractivity contribution in [3.8, 4) is 34.8 Å². The first-order valence-corrected chi connectivity index (χ1v) is 9.42. The summed E-state index contributed by atoms with van der Waals surface area (Å²) in [5, 5.41) is 12.2. The zero-order valence-corrected chi connectivity index (χ0v) is 18.3. The Morgan fingerprint density at radius 1 is 0.871 bits per heavy atom. The maximum Gasteiger partial charge on any atom is 0.261 e. The van der Waals surface area contributed by atoms with Gasteiger partial charge in [0.25, 0.3) is 5.91 Å². The van der Waals surface area contributed by atoms with Gasteiger partial charge in [0.2, 0.25) is 0 Å². The molecule has 1 N–H and O–H groups in total. The second kappa shape index (κ2) is 11.4. The van der Waals surface area contributed by atoms with Crippen molar-refractivity contribution >= 4 is 12.0 Å². The maximum atomic E-state index is 12.5. The number of amides is 1. The molecule has 0 radical (unpaired) electrons. The van der Waals surface area contributed by atoms with E-state index >= 15 is 0 Å². The molecule has 31 heavy (non-hydrogen) atoms. The van der Waals surface area contributed by atoms with Crippen LogP contribution in [0.15, 0.2) is 35.9 Å². The molecule has 8 heteroatoms. The number of methoxy groups -OCH3 is 5. The van der Waals surface area contributed by atoms with Gasteiger partial charge in [0, 0.05) is 18.2 Å². The van der Waals surface area contributed by atoms with Crippen molar-refractivity contribution in [3.05, 3.63) is 47.0 Å². The smallest absolute Gasteiger partial charge is 0.261 e. The second-order valence-corrected chi connectivity index (χ2v) is 6.31. The molecule has 0 atom stereocenters. The Bertz CT molecular complexity index is 994. The first-order chi connectivity index (χ1) is 15.0. The summed E-state index contributed by atoms with van der Waals surface area (Å²) in [5.41, 5.74) is 1.42. The van der Waals surface area contributed by atoms with Crippen LogP contribution in [0.25, 0.3) is 6.08 Å². The maximum absolute atomic E-state index is 12.5. The summed E-state index contributed by atoms with van der Waals surface area (Å²) in [6, 6.07) is 10.8. The Kier molecular flexibility index (Phi) is 8.58. The van der Waals surface area contributed by atoms with E-state index in [-0.39, 0.29) is 5.57 Å². The highest BCUT2D eigenvalue weighted by Crippen LogP contribution is 2.35. The van der Waals surface area contributed by atoms with E-state index in [0.717, 1.165) is 5.56 Å². The van der Waals surface area contributed by atoms with Gasteiger partial charge >= 0.3 is 0 Å². The van der Waals surface area contributed by atoms with E-state index in [4.69, 9.17) is 23.7 Å². The number of carbonyl (C=O) groups excluding carboxylic acids is 1. The predicted octanol–water partition coefficient (Wildman–Crippen LogP) is 3.00. The van der Waals surface area contributed by atoms with E-state index < -0.39 is 5.91 Å². The lowest BCUT2D eigenvalue weighted by Gasteiger charge is -2.12. The molecule has 164 valence electrons. The third kappa shape index (κ3) is 5.82. The number of hydrogen-bond acceptors (Lipinski definition) is 7. The zero-order chi connectivity index (χ0) is 22.8. The topological polar surface area (TPSA) is 99.0 Å². The number of ether oxygens (including phenoxy) is 5. The van der Waals surface area contributed by atoms with Crippen LogP contribution < -0.4 is 29.0 Å². The van der Waals surface area contributed by atoms with Crippen LogP contribution in [-0.2, 0) is 11.2 Å². The molecule has 1 amide bonds. The average molecular weight is 426 g/mol. The summed E-state index contributed by atoms with van der Waals surface area (Å²) in [6.07, 6.45) is 2.01. The summed E-state index contributed by atoms with van der Waals surface area (Å²) in [4.78, 5) is 12.5. The second-order valence-electron chi connectivity index (χ2n) is 6.31. The predicted molar refractivity (Wildman–Crippen MR) is 116 cm³/mol. The van der Waals surface area contributed by atoms with Crippen molar-refractivity contribution < 1.29 is 28.5 Å². The Labute approximate surface area is 181 Å². The van der Waals surface area contributed by atoms with Gasteiger partial charge in [-0.3, -0.25) is 4.79 Å². The van der Waals surface area contributed by atoms with Crippen LogP contribution in [0.3, 0.4) is 0 Å². The Morgan fingerprint density at radius 3 is 2.03 bits per heavy atom. The molecule has 0 unspecified atom stereocenters. The van der Waals surface area contributed by atoms with Crippen molar-refractivity contribution in [2.45, 2.75) is 6.42 Å². The van der Waals surface area contributed by atoms with Gasteiger partial charge in [-0.2, -0.15) is 5.26 Å². The van der Waals surface area contributed by atoms with Crippen molar-refractivity contribution in [1.29, 1.82) is 5.26 Å². The van der Waals surface area contributed by atoms with Gasteiger partial charge < -0.3 is 29.0 Å². The van der Waals surface area contributed by atoms with Crippen LogP contribution >= 0.6 is 0 Å². The van der Waals surface area contributed by atoms with E-state index in [9.17, 15) is 10.1 Å². The highest BCUT2D eigenvalue weighted by atomic mass is 16.5. The summed E-state index contributed by atoms with van der Waals surface area (Å²) < 4.78 is 26.4. The van der Waals surface area contributed by atoms with Gasteiger partial charge in [-0.05, 0) is 36.3 Å². The van der Waals surface area contributed by atoms with Crippen LogP contribution in [0, 0.1) is 11.3 Å². The molecule has 2 rings (SSSR count). The van der Waals surface area contributed by atoms with Crippen LogP contribution in [-0.4, -0.2) is 48.0 Å². The molecule has 0 aliphatic heterocycles. The summed E-state index contributed by atoms with van der Waals surface area (Å²) in [5.74, 6) is 2.15. The third-order valence-electron chi connectivity index (χ3n) is 4.55. The van der Waals surface area contributed by atoms with Gasteiger partial charge in [0.05, 0.1) is 35.5 Å². The fraction of sp³-hybridized carbons (Fsp3) is 0.304. The lowest BCUT2D eigenvalue weighted by Crippen LogP contribution is -2.26. The molecule has 0 spiro atoms. The first-order valence-electron chi connectivity index (χ1n) is 9.42. The molecule has 0 bridgehead atoms. The van der Waals surface area contributed by atoms with Gasteiger partial charge in [-0.15, -0.1) is 0 Å². The number of nitrogens with one attached hydrogen (secondary N) is 1. The van der Waals surface area contributed by atoms with Gasteiger partial charge in [0.15, 0.2) is 23.0 Å². The normalized spacial score (nSPS) is 10.6. The van der Waals surface area contributed by atoms with Gasteiger partial charge in [-0.1, -0.05) is 6.07 Å². The summed E-state index contributed by atoms with van der Waals surface area (Å²) >= 11 is 0. The third-order valence-corrected chi connectivity index (χ3v) is 4.55. The van der Waals surface area contributed by atoms with Crippen LogP contribution in [0.2, 0.25) is 0 Å². The van der Waals surface area contributed by atoms with E-state index in [2.05, 4.69) is 5.32 Å². The molecule has 2 aromatic carbocycles. The molecule has 0 aliphatic rings. The highest BCUT2D eigenvalue weighted by Gasteiger charge is 2.14. The van der Waals surface area contributed by atoms with E-state index in [0.29, 0.717) is 47.3 Å². The number of carbonyl (C=O) groups is 1. The average Bonchev–Trinajstić information content (AvgIpc) is 2.81. The minimum atomic E-state index is -0.486. The SMILES string of the molecule is COc1cc(OC)c(OC)cc1C=C(C#N)C(=O)NCCc1ccc(OC)c(OC)c1. The quantitative estimate of drug-likeness (QED) is 0.461. The summed E-state index contributed by atoms with van der Waals surface area (Å²) in [6.45, 7) is 0.344. The van der Waals surface area contributed by atoms with E-state index in [1.54, 1.807) is 32.4 Å². The molecule has 0 saturated heterocycles. The van der Waals surface area contributed by atoms with Gasteiger partial charge in [0.1, 0.15) is 17.4 Å². The molecular formula is C23H26N2O6. The number of nitriles is 1. The number of rotatable bonds is 10. The van der Waals surface area contributed by atoms with Crippen molar-refractivity contribution in [1.82, 2.24) is 5.32 Å². The van der Waals surface area contributed by atoms with Crippen molar-refractivity contribution in [2.24, 2.45) is 0 Å². The molecule has 2 aromatic rings. The van der Waals surface area contributed by atoms with Crippen LogP contribution in [0.1, 0.15) is 11.1 Å². The van der Waals surface area contributed by atoms with Crippen LogP contribution in [0.5, 0.6) is 28.7 Å². The molecule has 8 nitrogen and oxygen atoms in total. The molecule has 0 aliphatic carbocycles. The van der Waals surface area contributed by atoms with Crippen LogP contribution in [0.4, 0.5) is 0 Å². The van der Waals surface area contributed by atoms with Crippen molar-refractivity contribution in [3.63, 3.8) is 0 Å². The minimum Gasteiger partial charge on any atom is -0.496 e. The molecule has 0 fully saturated rings. The van der Waals surface area contributed by atoms with Crippen molar-refractivity contribution in [2.75, 3.05) is 42.1 Å². The van der Waals surface area contributed by atoms with E-state index in [1.807, 2.05) is 18.2 Å².